The second kappa shape index (κ2) is 7.99. The number of carbonyl (C=O) groups excluding carboxylic acids is 1. The minimum atomic E-state index is -0.861. The largest absolute Gasteiger partial charge is 0.494 e. The van der Waals surface area contributed by atoms with E-state index in [9.17, 15) is 13.6 Å². The average Bonchev–Trinajstić information content (AvgIpc) is 3.28. The summed E-state index contributed by atoms with van der Waals surface area (Å²) in [7, 11) is 1.27. The van der Waals surface area contributed by atoms with E-state index >= 15 is 0 Å². The van der Waals surface area contributed by atoms with Gasteiger partial charge in [0.05, 0.1) is 25.5 Å². The molecule has 2 heterocycles. The number of aryl methyl sites for hydroxylation is 1. The molecule has 3 aromatic rings. The van der Waals surface area contributed by atoms with Crippen molar-refractivity contribution in [2.45, 2.75) is 20.0 Å². The van der Waals surface area contributed by atoms with E-state index in [2.05, 4.69) is 27.2 Å². The lowest BCUT2D eigenvalue weighted by Crippen LogP contribution is -2.24. The van der Waals surface area contributed by atoms with Crippen LogP contribution in [-0.4, -0.2) is 37.6 Å². The van der Waals surface area contributed by atoms with E-state index in [1.807, 2.05) is 6.92 Å². The molecule has 1 aromatic carbocycles. The summed E-state index contributed by atoms with van der Waals surface area (Å²) < 4.78 is 36.0. The van der Waals surface area contributed by atoms with Gasteiger partial charge < -0.3 is 14.6 Å². The first-order chi connectivity index (χ1) is 13.4. The minimum absolute atomic E-state index is 0.0172. The molecule has 0 aliphatic carbocycles. The van der Waals surface area contributed by atoms with Gasteiger partial charge in [0.2, 0.25) is 0 Å². The third-order valence-corrected chi connectivity index (χ3v) is 4.06. The molecule has 1 N–H and O–H groups in total. The highest BCUT2D eigenvalue weighted by atomic mass is 19.1. The maximum Gasteiger partial charge on any atom is 0.273 e. The van der Waals surface area contributed by atoms with Crippen LogP contribution in [0.4, 0.5) is 8.78 Å². The molecule has 1 amide bonds. The van der Waals surface area contributed by atoms with Gasteiger partial charge in [0, 0.05) is 24.5 Å². The van der Waals surface area contributed by atoms with Crippen molar-refractivity contribution >= 4 is 12.1 Å². The summed E-state index contributed by atoms with van der Waals surface area (Å²) in [6.07, 6.45) is 4.84. The number of halogens is 2. The van der Waals surface area contributed by atoms with Gasteiger partial charge in [-0.15, -0.1) is 5.10 Å². The molecule has 146 valence electrons. The molecule has 0 saturated heterocycles. The molecule has 0 fully saturated rings. The van der Waals surface area contributed by atoms with E-state index in [1.54, 1.807) is 17.0 Å². The van der Waals surface area contributed by atoms with E-state index in [4.69, 9.17) is 4.74 Å². The number of hydrogen-bond acceptors (Lipinski definition) is 5. The molecule has 0 aliphatic heterocycles. The highest BCUT2D eigenvalue weighted by molar-refractivity contribution is 5.91. The van der Waals surface area contributed by atoms with Gasteiger partial charge in [0.15, 0.2) is 17.3 Å². The molecule has 2 aromatic heterocycles. The molecule has 8 nitrogen and oxygen atoms in total. The lowest BCUT2D eigenvalue weighted by Gasteiger charge is -2.09. The van der Waals surface area contributed by atoms with Crippen LogP contribution in [0.25, 0.3) is 6.20 Å². The molecule has 0 saturated carbocycles. The van der Waals surface area contributed by atoms with Crippen LogP contribution in [0.5, 0.6) is 5.75 Å². The van der Waals surface area contributed by atoms with Gasteiger partial charge in [-0.05, 0) is 19.1 Å². The van der Waals surface area contributed by atoms with Crippen LogP contribution in [0.15, 0.2) is 31.1 Å². The number of aromatic nitrogens is 5. The molecule has 0 bridgehead atoms. The van der Waals surface area contributed by atoms with Crippen molar-refractivity contribution in [2.75, 3.05) is 7.11 Å². The van der Waals surface area contributed by atoms with Gasteiger partial charge >= 0.3 is 0 Å². The Morgan fingerprint density at radius 2 is 2.14 bits per heavy atom. The Morgan fingerprint density at radius 1 is 1.36 bits per heavy atom. The van der Waals surface area contributed by atoms with E-state index in [0.29, 0.717) is 6.54 Å². The van der Waals surface area contributed by atoms with Gasteiger partial charge in [-0.1, -0.05) is 11.8 Å². The molecule has 0 atom stereocenters. The first-order valence-electron chi connectivity index (χ1n) is 8.29. The minimum Gasteiger partial charge on any atom is -0.494 e. The summed E-state index contributed by atoms with van der Waals surface area (Å²) in [4.78, 5) is 16.6. The Morgan fingerprint density at radius 3 is 2.82 bits per heavy atom. The molecule has 3 rings (SSSR count). The Labute approximate surface area is 159 Å². The molecule has 0 unspecified atom stereocenters. The predicted octanol–water partition coefficient (Wildman–Crippen LogP) is 2.15. The van der Waals surface area contributed by atoms with Crippen LogP contribution >= 0.6 is 0 Å². The summed E-state index contributed by atoms with van der Waals surface area (Å²) in [5.41, 5.74) is 0.434. The number of carbonyl (C=O) groups is 1. The van der Waals surface area contributed by atoms with Crippen LogP contribution < -0.4 is 10.1 Å². The Hall–Kier alpha value is -3.56. The molecule has 28 heavy (non-hydrogen) atoms. The molecule has 0 aliphatic rings. The second-order valence-electron chi connectivity index (χ2n) is 5.90. The van der Waals surface area contributed by atoms with Gasteiger partial charge in [0.1, 0.15) is 11.6 Å². The van der Waals surface area contributed by atoms with E-state index in [1.165, 1.54) is 24.1 Å². The van der Waals surface area contributed by atoms with Crippen molar-refractivity contribution in [1.82, 2.24) is 29.9 Å². The maximum absolute atomic E-state index is 14.1. The van der Waals surface area contributed by atoms with E-state index < -0.39 is 17.5 Å². The Bertz CT molecular complexity index is 1030. The fourth-order valence-electron chi connectivity index (χ4n) is 2.61. The number of nitrogens with zero attached hydrogens (tertiary/aromatic N) is 5. The first-order valence-corrected chi connectivity index (χ1v) is 8.29. The standard InChI is InChI=1S/C18H18F2N6O2/c1-4-25-8-12(22-11(25)2)9-26-10-15(23-24-26)18(27)21-7-13-14(19)5-6-16(28-3)17(13)20/h4-6,8,10H,1,7,9H2,2-3H3,(H,21,27). The highest BCUT2D eigenvalue weighted by Crippen LogP contribution is 2.22. The fraction of sp³-hybridized carbons (Fsp3) is 0.222. The monoisotopic (exact) mass is 388 g/mol. The molecular weight excluding hydrogens is 370 g/mol. The maximum atomic E-state index is 14.1. The third-order valence-electron chi connectivity index (χ3n) is 4.06. The normalized spacial score (nSPS) is 10.7. The summed E-state index contributed by atoms with van der Waals surface area (Å²) >= 11 is 0. The summed E-state index contributed by atoms with van der Waals surface area (Å²) in [6.45, 7) is 5.47. The number of methoxy groups -OCH3 is 1. The Balaban J connectivity index is 1.67. The zero-order valence-corrected chi connectivity index (χ0v) is 15.3. The van der Waals surface area contributed by atoms with Gasteiger partial charge in [-0.2, -0.15) is 0 Å². The fourth-order valence-corrected chi connectivity index (χ4v) is 2.61. The number of hydrogen-bond donors (Lipinski definition) is 1. The molecule has 0 radical (unpaired) electrons. The van der Waals surface area contributed by atoms with E-state index in [-0.39, 0.29) is 23.6 Å². The lowest BCUT2D eigenvalue weighted by atomic mass is 10.2. The number of nitrogens with one attached hydrogen (secondary N) is 1. The number of ether oxygens (including phenoxy) is 1. The van der Waals surface area contributed by atoms with Crippen LogP contribution in [0.2, 0.25) is 0 Å². The highest BCUT2D eigenvalue weighted by Gasteiger charge is 2.17. The SMILES string of the molecule is C=Cn1cc(Cn2cc(C(=O)NCc3c(F)ccc(OC)c3F)nn2)nc1C. The summed E-state index contributed by atoms with van der Waals surface area (Å²) in [5.74, 6) is -1.59. The average molecular weight is 388 g/mol. The number of amides is 1. The second-order valence-corrected chi connectivity index (χ2v) is 5.90. The molecular formula is C18H18F2N6O2. The van der Waals surface area contributed by atoms with E-state index in [0.717, 1.165) is 17.6 Å². The van der Waals surface area contributed by atoms with Crippen LogP contribution in [-0.2, 0) is 13.1 Å². The van der Waals surface area contributed by atoms with Crippen molar-refractivity contribution in [2.24, 2.45) is 0 Å². The predicted molar refractivity (Wildman–Crippen MR) is 96.6 cm³/mol. The topological polar surface area (TPSA) is 86.9 Å². The summed E-state index contributed by atoms with van der Waals surface area (Å²) in [6, 6.07) is 2.25. The van der Waals surface area contributed by atoms with Crippen molar-refractivity contribution in [3.05, 3.63) is 65.5 Å². The van der Waals surface area contributed by atoms with Crippen molar-refractivity contribution in [1.29, 1.82) is 0 Å². The van der Waals surface area contributed by atoms with Crippen molar-refractivity contribution < 1.29 is 18.3 Å². The number of imidazole rings is 1. The molecule has 0 spiro atoms. The lowest BCUT2D eigenvalue weighted by molar-refractivity contribution is 0.0945. The van der Waals surface area contributed by atoms with Gasteiger partial charge in [-0.3, -0.25) is 4.79 Å². The van der Waals surface area contributed by atoms with Gasteiger partial charge in [0.25, 0.3) is 5.91 Å². The smallest absolute Gasteiger partial charge is 0.273 e. The third kappa shape index (κ3) is 3.90. The first kappa shape index (κ1) is 19.2. The van der Waals surface area contributed by atoms with Crippen molar-refractivity contribution in [3.8, 4) is 5.75 Å². The van der Waals surface area contributed by atoms with Crippen LogP contribution in [0.1, 0.15) is 27.6 Å². The molecule has 10 heteroatoms. The number of benzene rings is 1. The summed E-state index contributed by atoms with van der Waals surface area (Å²) in [5, 5.41) is 10.1. The van der Waals surface area contributed by atoms with Crippen LogP contribution in [0.3, 0.4) is 0 Å². The number of rotatable bonds is 7. The quantitative estimate of drug-likeness (QED) is 0.670. The van der Waals surface area contributed by atoms with Crippen molar-refractivity contribution in [3.63, 3.8) is 0 Å². The van der Waals surface area contributed by atoms with Crippen LogP contribution in [0, 0.1) is 18.6 Å². The zero-order chi connectivity index (χ0) is 20.3. The zero-order valence-electron chi connectivity index (χ0n) is 15.3. The van der Waals surface area contributed by atoms with Gasteiger partial charge in [-0.25, -0.2) is 18.4 Å². The Kier molecular flexibility index (Phi) is 5.48.